The molecular weight excluding hydrogens is 244 g/mol. The van der Waals surface area contributed by atoms with Gasteiger partial charge in [0.25, 0.3) is 0 Å². The first kappa shape index (κ1) is 16.0. The van der Waals surface area contributed by atoms with Crippen molar-refractivity contribution in [3.05, 3.63) is 42.5 Å². The van der Waals surface area contributed by atoms with Crippen LogP contribution in [0.3, 0.4) is 0 Å². The highest BCUT2D eigenvalue weighted by atomic mass is 16.1. The number of aromatic nitrogens is 3. The average molecular weight is 260 g/mol. The summed E-state index contributed by atoms with van der Waals surface area (Å²) in [7, 11) is 0. The number of carbonyl (C=O) groups is 1. The molecule has 0 aliphatic heterocycles. The van der Waals surface area contributed by atoms with E-state index in [0.717, 1.165) is 0 Å². The van der Waals surface area contributed by atoms with E-state index in [0.29, 0.717) is 0 Å². The number of anilines is 3. The minimum Gasteiger partial charge on any atom is -0.368 e. The van der Waals surface area contributed by atoms with E-state index in [1.807, 2.05) is 43.2 Å². The second-order valence-corrected chi connectivity index (χ2v) is 3.02. The van der Waals surface area contributed by atoms with Gasteiger partial charge >= 0.3 is 0 Å². The molecule has 0 amide bonds. The number of carbonyl (C=O) groups excluding carboxylic acids is 1. The first-order valence-electron chi connectivity index (χ1n) is 5.10. The molecule has 0 spiro atoms. The van der Waals surface area contributed by atoms with E-state index in [4.69, 9.17) is 22.0 Å². The molecule has 100 valence electrons. The van der Waals surface area contributed by atoms with Crippen LogP contribution in [0.25, 0.3) is 6.08 Å². The number of rotatable bonds is 1. The summed E-state index contributed by atoms with van der Waals surface area (Å²) < 4.78 is 0. The van der Waals surface area contributed by atoms with Crippen molar-refractivity contribution in [2.75, 3.05) is 17.2 Å². The smallest absolute Gasteiger partial charge is 0.226 e. The zero-order valence-corrected chi connectivity index (χ0v) is 10.4. The molecule has 19 heavy (non-hydrogen) atoms. The van der Waals surface area contributed by atoms with E-state index >= 15 is 0 Å². The molecule has 6 N–H and O–H groups in total. The second-order valence-electron chi connectivity index (χ2n) is 3.02. The third kappa shape index (κ3) is 7.05. The van der Waals surface area contributed by atoms with Crippen molar-refractivity contribution in [3.63, 3.8) is 0 Å². The third-order valence-electron chi connectivity index (χ3n) is 1.72. The van der Waals surface area contributed by atoms with E-state index in [-0.39, 0.29) is 17.8 Å². The molecule has 0 fully saturated rings. The van der Waals surface area contributed by atoms with Crippen LogP contribution >= 0.6 is 0 Å². The van der Waals surface area contributed by atoms with Crippen molar-refractivity contribution < 1.29 is 4.79 Å². The van der Waals surface area contributed by atoms with Crippen molar-refractivity contribution in [2.24, 2.45) is 0 Å². The minimum absolute atomic E-state index is 0.0417. The molecule has 0 aliphatic rings. The summed E-state index contributed by atoms with van der Waals surface area (Å²) in [4.78, 5) is 18.5. The molecule has 7 heteroatoms. The Morgan fingerprint density at radius 2 is 1.21 bits per heavy atom. The zero-order valence-electron chi connectivity index (χ0n) is 10.4. The predicted molar refractivity (Wildman–Crippen MR) is 76.7 cm³/mol. The van der Waals surface area contributed by atoms with Gasteiger partial charge < -0.3 is 22.0 Å². The number of hydrogen-bond acceptors (Lipinski definition) is 7. The molecule has 1 aromatic carbocycles. The lowest BCUT2D eigenvalue weighted by Gasteiger charge is -1.93. The molecular formula is C12H16N6O. The molecule has 2 rings (SSSR count). The summed E-state index contributed by atoms with van der Waals surface area (Å²) in [6, 6.07) is 10.0. The zero-order chi connectivity index (χ0) is 14.7. The molecule has 0 bridgehead atoms. The van der Waals surface area contributed by atoms with Gasteiger partial charge in [-0.05, 0) is 5.56 Å². The quantitative estimate of drug-likeness (QED) is 0.689. The molecule has 0 saturated heterocycles. The molecule has 0 unspecified atom stereocenters. The van der Waals surface area contributed by atoms with Crippen LogP contribution in [-0.4, -0.2) is 21.7 Å². The van der Waals surface area contributed by atoms with Crippen molar-refractivity contribution in [1.82, 2.24) is 15.0 Å². The lowest BCUT2D eigenvalue weighted by molar-refractivity contribution is -0.0979. The Hall–Kier alpha value is -2.96. The van der Waals surface area contributed by atoms with Crippen LogP contribution < -0.4 is 17.2 Å². The Kier molecular flexibility index (Phi) is 7.69. The topological polar surface area (TPSA) is 134 Å². The first-order valence-corrected chi connectivity index (χ1v) is 5.10. The molecule has 0 saturated carbocycles. The van der Waals surface area contributed by atoms with Crippen molar-refractivity contribution >= 4 is 30.7 Å². The van der Waals surface area contributed by atoms with E-state index in [1.54, 1.807) is 0 Å². The molecule has 0 atom stereocenters. The Balaban J connectivity index is 0.000000303. The number of nitrogens with zero attached hydrogens (tertiary/aromatic N) is 3. The van der Waals surface area contributed by atoms with E-state index in [9.17, 15) is 0 Å². The fourth-order valence-electron chi connectivity index (χ4n) is 1.02. The molecule has 1 heterocycles. The highest BCUT2D eigenvalue weighted by Crippen LogP contribution is 1.98. The lowest BCUT2D eigenvalue weighted by Crippen LogP contribution is -2.05. The highest BCUT2D eigenvalue weighted by molar-refractivity contribution is 5.45. The van der Waals surface area contributed by atoms with Gasteiger partial charge in [-0.25, -0.2) is 0 Å². The minimum atomic E-state index is 0.0417. The molecule has 7 nitrogen and oxygen atoms in total. The van der Waals surface area contributed by atoms with Gasteiger partial charge in [-0.1, -0.05) is 43.0 Å². The summed E-state index contributed by atoms with van der Waals surface area (Å²) in [5, 5.41) is 0. The largest absolute Gasteiger partial charge is 0.368 e. The number of nitrogen functional groups attached to an aromatic ring is 3. The van der Waals surface area contributed by atoms with Crippen LogP contribution in [-0.2, 0) is 4.79 Å². The molecule has 0 radical (unpaired) electrons. The lowest BCUT2D eigenvalue weighted by atomic mass is 10.2. The van der Waals surface area contributed by atoms with Crippen molar-refractivity contribution in [1.29, 1.82) is 0 Å². The third-order valence-corrected chi connectivity index (χ3v) is 1.72. The fourth-order valence-corrected chi connectivity index (χ4v) is 1.02. The summed E-state index contributed by atoms with van der Waals surface area (Å²) in [5.74, 6) is 0.125. The summed E-state index contributed by atoms with van der Waals surface area (Å²) in [5.41, 5.74) is 16.6. The average Bonchev–Trinajstić information content (AvgIpc) is 2.41. The van der Waals surface area contributed by atoms with Crippen LogP contribution in [0.15, 0.2) is 36.9 Å². The second kappa shape index (κ2) is 9.11. The van der Waals surface area contributed by atoms with Gasteiger partial charge in [0.05, 0.1) is 0 Å². The summed E-state index contributed by atoms with van der Waals surface area (Å²) in [6.45, 7) is 5.63. The van der Waals surface area contributed by atoms with Gasteiger partial charge in [-0.15, -0.1) is 0 Å². The Bertz CT molecular complexity index is 452. The van der Waals surface area contributed by atoms with Crippen LogP contribution in [0.2, 0.25) is 0 Å². The van der Waals surface area contributed by atoms with Crippen molar-refractivity contribution in [3.8, 4) is 0 Å². The number of hydrogen-bond donors (Lipinski definition) is 3. The molecule has 0 aliphatic carbocycles. The van der Waals surface area contributed by atoms with Crippen LogP contribution in [0.1, 0.15) is 5.56 Å². The van der Waals surface area contributed by atoms with Gasteiger partial charge in [0.15, 0.2) is 0 Å². The van der Waals surface area contributed by atoms with E-state index in [2.05, 4.69) is 21.5 Å². The van der Waals surface area contributed by atoms with Gasteiger partial charge in [0.2, 0.25) is 17.8 Å². The SMILES string of the molecule is C=Cc1ccccc1.C=O.Nc1nc(N)nc(N)n1. The maximum Gasteiger partial charge on any atom is 0.226 e. The maximum absolute atomic E-state index is 8.00. The van der Waals surface area contributed by atoms with Crippen LogP contribution in [0, 0.1) is 0 Å². The van der Waals surface area contributed by atoms with E-state index < -0.39 is 0 Å². The van der Waals surface area contributed by atoms with Crippen LogP contribution in [0.4, 0.5) is 17.8 Å². The Morgan fingerprint density at radius 1 is 0.842 bits per heavy atom. The summed E-state index contributed by atoms with van der Waals surface area (Å²) in [6.07, 6.45) is 1.83. The molecule has 2 aromatic rings. The Morgan fingerprint density at radius 3 is 1.47 bits per heavy atom. The predicted octanol–water partition coefficient (Wildman–Crippen LogP) is 0.763. The standard InChI is InChI=1S/C8H8.C3H6N6.CH2O/c1-2-8-6-4-3-5-7-8;4-1-7-2(5)9-3(6)8-1;1-2/h2-7H,1H2;(H6,4,5,6,7,8,9);1H2. The van der Waals surface area contributed by atoms with Crippen molar-refractivity contribution in [2.45, 2.75) is 0 Å². The monoisotopic (exact) mass is 260 g/mol. The number of benzene rings is 1. The first-order chi connectivity index (χ1) is 9.11. The fraction of sp³-hybridized carbons (Fsp3) is 0. The number of nitrogens with two attached hydrogens (primary N) is 3. The molecule has 1 aromatic heterocycles. The Labute approximate surface area is 111 Å². The highest BCUT2D eigenvalue weighted by Gasteiger charge is 1.93. The van der Waals surface area contributed by atoms with Gasteiger partial charge in [-0.3, -0.25) is 0 Å². The van der Waals surface area contributed by atoms with Crippen LogP contribution in [0.5, 0.6) is 0 Å². The van der Waals surface area contributed by atoms with Gasteiger partial charge in [0, 0.05) is 0 Å². The van der Waals surface area contributed by atoms with Gasteiger partial charge in [0.1, 0.15) is 6.79 Å². The summed E-state index contributed by atoms with van der Waals surface area (Å²) >= 11 is 0. The van der Waals surface area contributed by atoms with E-state index in [1.165, 1.54) is 5.56 Å². The normalized spacial score (nSPS) is 8.21. The maximum atomic E-state index is 8.00. The van der Waals surface area contributed by atoms with Gasteiger partial charge in [-0.2, -0.15) is 15.0 Å².